The third-order valence-electron chi connectivity index (χ3n) is 4.25. The van der Waals surface area contributed by atoms with Gasteiger partial charge >= 0.3 is 0 Å². The number of rotatable bonds is 4. The Morgan fingerprint density at radius 1 is 1.08 bits per heavy atom. The van der Waals surface area contributed by atoms with Gasteiger partial charge in [0.05, 0.1) is 0 Å². The van der Waals surface area contributed by atoms with Crippen molar-refractivity contribution in [3.05, 3.63) is 78.1 Å². The van der Waals surface area contributed by atoms with Gasteiger partial charge in [-0.2, -0.15) is 0 Å². The number of aromatic nitrogens is 3. The predicted octanol–water partition coefficient (Wildman–Crippen LogP) is 2.19. The number of anilines is 1. The number of nitrogens with zero attached hydrogens (tertiary/aromatic N) is 4. The molecule has 0 fully saturated rings. The molecule has 0 atom stereocenters. The van der Waals surface area contributed by atoms with E-state index in [9.17, 15) is 9.59 Å². The van der Waals surface area contributed by atoms with Gasteiger partial charge in [-0.3, -0.25) is 14.6 Å². The fourth-order valence-corrected chi connectivity index (χ4v) is 2.92. The molecule has 0 bridgehead atoms. The van der Waals surface area contributed by atoms with E-state index < -0.39 is 0 Å². The van der Waals surface area contributed by atoms with Crippen LogP contribution in [0.2, 0.25) is 0 Å². The van der Waals surface area contributed by atoms with Crippen LogP contribution in [0.25, 0.3) is 0 Å². The monoisotopic (exact) mass is 347 g/mol. The molecule has 0 saturated heterocycles. The lowest BCUT2D eigenvalue weighted by Crippen LogP contribution is -2.39. The minimum Gasteiger partial charge on any atom is -0.330 e. The van der Waals surface area contributed by atoms with Gasteiger partial charge in [-0.15, -0.1) is 0 Å². The zero-order chi connectivity index (χ0) is 17.9. The molecule has 2 amide bonds. The Morgan fingerprint density at radius 2 is 1.85 bits per heavy atom. The molecule has 1 aromatic carbocycles. The van der Waals surface area contributed by atoms with Gasteiger partial charge in [-0.25, -0.2) is 4.98 Å². The minimum atomic E-state index is -0.347. The molecule has 130 valence electrons. The van der Waals surface area contributed by atoms with Crippen molar-refractivity contribution in [2.75, 3.05) is 11.9 Å². The number of carbonyl (C=O) groups is 2. The van der Waals surface area contributed by atoms with E-state index in [1.165, 1.54) is 0 Å². The number of benzene rings is 1. The Kier molecular flexibility index (Phi) is 4.18. The van der Waals surface area contributed by atoms with Crippen molar-refractivity contribution in [3.63, 3.8) is 0 Å². The molecule has 3 aromatic rings. The van der Waals surface area contributed by atoms with Gasteiger partial charge in [-0.05, 0) is 17.7 Å². The largest absolute Gasteiger partial charge is 0.330 e. The number of pyridine rings is 1. The maximum absolute atomic E-state index is 12.7. The van der Waals surface area contributed by atoms with E-state index in [-0.39, 0.29) is 17.5 Å². The maximum Gasteiger partial charge on any atom is 0.290 e. The Hall–Kier alpha value is -3.48. The Bertz CT molecular complexity index is 937. The van der Waals surface area contributed by atoms with E-state index in [2.05, 4.69) is 15.3 Å². The summed E-state index contributed by atoms with van der Waals surface area (Å²) in [5.41, 5.74) is 1.93. The average molecular weight is 347 g/mol. The van der Waals surface area contributed by atoms with Gasteiger partial charge < -0.3 is 14.8 Å². The molecule has 0 saturated carbocycles. The van der Waals surface area contributed by atoms with Crippen LogP contribution in [0.15, 0.2) is 61.1 Å². The zero-order valence-electron chi connectivity index (χ0n) is 14.0. The standard InChI is InChI=1S/C19H17N5O2/c25-18(21-15-6-8-20-9-7-15)16-13-23-10-11-24(19(26)17(23)22-16)12-14-4-2-1-3-5-14/h1-9,13H,10-12H2,(H,20,21,25). The highest BCUT2D eigenvalue weighted by Crippen LogP contribution is 2.16. The molecule has 26 heavy (non-hydrogen) atoms. The first kappa shape index (κ1) is 16.0. The molecule has 1 N–H and O–H groups in total. The van der Waals surface area contributed by atoms with Gasteiger partial charge in [0.25, 0.3) is 11.8 Å². The summed E-state index contributed by atoms with van der Waals surface area (Å²) in [5, 5.41) is 2.75. The predicted molar refractivity (Wildman–Crippen MR) is 95.6 cm³/mol. The summed E-state index contributed by atoms with van der Waals surface area (Å²) in [7, 11) is 0. The first-order valence-corrected chi connectivity index (χ1v) is 8.32. The number of amides is 2. The third kappa shape index (κ3) is 3.19. The SMILES string of the molecule is O=C(Nc1ccncc1)c1cn2c(n1)C(=O)N(Cc1ccccc1)CC2. The first-order chi connectivity index (χ1) is 12.7. The highest BCUT2D eigenvalue weighted by atomic mass is 16.2. The van der Waals surface area contributed by atoms with Crippen molar-refractivity contribution in [1.29, 1.82) is 0 Å². The number of nitrogens with one attached hydrogen (secondary N) is 1. The van der Waals surface area contributed by atoms with Crippen molar-refractivity contribution in [3.8, 4) is 0 Å². The second-order valence-electron chi connectivity index (χ2n) is 6.05. The molecule has 4 rings (SSSR count). The number of hydrogen-bond donors (Lipinski definition) is 1. The van der Waals surface area contributed by atoms with E-state index >= 15 is 0 Å². The first-order valence-electron chi connectivity index (χ1n) is 8.32. The molecule has 0 aliphatic carbocycles. The molecule has 1 aliphatic rings. The average Bonchev–Trinajstić information content (AvgIpc) is 3.11. The van der Waals surface area contributed by atoms with Crippen LogP contribution >= 0.6 is 0 Å². The number of hydrogen-bond acceptors (Lipinski definition) is 4. The van der Waals surface area contributed by atoms with E-state index in [4.69, 9.17) is 0 Å². The number of imidazole rings is 1. The molecule has 0 spiro atoms. The van der Waals surface area contributed by atoms with Gasteiger partial charge in [-0.1, -0.05) is 30.3 Å². The van der Waals surface area contributed by atoms with Crippen molar-refractivity contribution in [1.82, 2.24) is 19.4 Å². The fourth-order valence-electron chi connectivity index (χ4n) is 2.92. The quantitative estimate of drug-likeness (QED) is 0.784. The fraction of sp³-hybridized carbons (Fsp3) is 0.158. The second kappa shape index (κ2) is 6.79. The zero-order valence-corrected chi connectivity index (χ0v) is 14.0. The number of fused-ring (bicyclic) bond motifs is 1. The van der Waals surface area contributed by atoms with Gasteiger partial charge in [0.1, 0.15) is 5.69 Å². The summed E-state index contributed by atoms with van der Waals surface area (Å²) in [6.45, 7) is 1.73. The van der Waals surface area contributed by atoms with Gasteiger partial charge in [0, 0.05) is 43.9 Å². The summed E-state index contributed by atoms with van der Waals surface area (Å²) >= 11 is 0. The maximum atomic E-state index is 12.7. The minimum absolute atomic E-state index is 0.164. The van der Waals surface area contributed by atoms with Crippen LogP contribution in [-0.2, 0) is 13.1 Å². The lowest BCUT2D eigenvalue weighted by molar-refractivity contribution is 0.0683. The molecule has 2 aromatic heterocycles. The topological polar surface area (TPSA) is 80.1 Å². The summed E-state index contributed by atoms with van der Waals surface area (Å²) in [5.74, 6) is -0.212. The van der Waals surface area contributed by atoms with E-state index in [1.54, 1.807) is 40.2 Å². The summed E-state index contributed by atoms with van der Waals surface area (Å²) in [6, 6.07) is 13.2. The normalized spacial score (nSPS) is 13.4. The van der Waals surface area contributed by atoms with Crippen molar-refractivity contribution in [2.24, 2.45) is 0 Å². The lowest BCUT2D eigenvalue weighted by atomic mass is 10.2. The summed E-state index contributed by atoms with van der Waals surface area (Å²) in [6.07, 6.45) is 4.82. The van der Waals surface area contributed by atoms with Crippen molar-refractivity contribution < 1.29 is 9.59 Å². The second-order valence-corrected chi connectivity index (χ2v) is 6.05. The molecule has 0 radical (unpaired) electrons. The summed E-state index contributed by atoms with van der Waals surface area (Å²) in [4.78, 5) is 35.0. The molecular weight excluding hydrogens is 330 g/mol. The van der Waals surface area contributed by atoms with E-state index in [0.717, 1.165) is 5.56 Å². The molecule has 7 nitrogen and oxygen atoms in total. The number of carbonyl (C=O) groups excluding carboxylic acids is 2. The molecule has 0 unspecified atom stereocenters. The van der Waals surface area contributed by atoms with Crippen LogP contribution in [0, 0.1) is 0 Å². The molecule has 3 heterocycles. The van der Waals surface area contributed by atoms with Crippen LogP contribution in [0.4, 0.5) is 5.69 Å². The third-order valence-corrected chi connectivity index (χ3v) is 4.25. The van der Waals surface area contributed by atoms with E-state index in [0.29, 0.717) is 31.1 Å². The summed E-state index contributed by atoms with van der Waals surface area (Å²) < 4.78 is 1.74. The van der Waals surface area contributed by atoms with Crippen LogP contribution < -0.4 is 5.32 Å². The van der Waals surface area contributed by atoms with Crippen LogP contribution in [-0.4, -0.2) is 37.8 Å². The van der Waals surface area contributed by atoms with E-state index in [1.807, 2.05) is 30.3 Å². The van der Waals surface area contributed by atoms with Gasteiger partial charge in [0.2, 0.25) is 0 Å². The van der Waals surface area contributed by atoms with Crippen LogP contribution in [0.3, 0.4) is 0 Å². The van der Waals surface area contributed by atoms with Crippen LogP contribution in [0.5, 0.6) is 0 Å². The highest BCUT2D eigenvalue weighted by Gasteiger charge is 2.28. The smallest absolute Gasteiger partial charge is 0.290 e. The molecule has 1 aliphatic heterocycles. The lowest BCUT2D eigenvalue weighted by Gasteiger charge is -2.27. The van der Waals surface area contributed by atoms with Crippen molar-refractivity contribution >= 4 is 17.5 Å². The molecule has 7 heteroatoms. The van der Waals surface area contributed by atoms with Crippen molar-refractivity contribution in [2.45, 2.75) is 13.1 Å². The Morgan fingerprint density at radius 3 is 2.62 bits per heavy atom. The Balaban J connectivity index is 1.51. The van der Waals surface area contributed by atoms with Gasteiger partial charge in [0.15, 0.2) is 5.82 Å². The van der Waals surface area contributed by atoms with Crippen LogP contribution in [0.1, 0.15) is 26.7 Å². The molecular formula is C19H17N5O2. The Labute approximate surface area is 150 Å². The highest BCUT2D eigenvalue weighted by molar-refractivity contribution is 6.04.